The number of ether oxygens (including phenoxy) is 1. The lowest BCUT2D eigenvalue weighted by molar-refractivity contribution is 0.00578. The average molecular weight is 419 g/mol. The number of benzene rings is 1. The monoisotopic (exact) mass is 419 g/mol. The van der Waals surface area contributed by atoms with Gasteiger partial charge < -0.3 is 18.9 Å². The van der Waals surface area contributed by atoms with Crippen molar-refractivity contribution in [2.24, 2.45) is 5.92 Å². The Balaban J connectivity index is 1.75. The Kier molecular flexibility index (Phi) is 6.02. The number of amides is 1. The Bertz CT molecular complexity index is 789. The van der Waals surface area contributed by atoms with Gasteiger partial charge in [-0.1, -0.05) is 13.0 Å². The van der Waals surface area contributed by atoms with Crippen molar-refractivity contribution in [3.05, 3.63) is 29.6 Å². The summed E-state index contributed by atoms with van der Waals surface area (Å²) in [6.07, 6.45) is 0.470. The molecule has 1 aromatic carbocycles. The molecule has 2 heterocycles. The fraction of sp³-hybridized carbons (Fsp3) is 0.696. The van der Waals surface area contributed by atoms with Gasteiger partial charge in [-0.2, -0.15) is 0 Å². The Morgan fingerprint density at radius 3 is 2.30 bits per heavy atom. The van der Waals surface area contributed by atoms with E-state index in [0.29, 0.717) is 18.6 Å². The summed E-state index contributed by atoms with van der Waals surface area (Å²) in [5, 5.41) is 0. The number of likely N-dealkylation sites (tertiary alicyclic amines) is 1. The van der Waals surface area contributed by atoms with Crippen molar-refractivity contribution in [3.63, 3.8) is 0 Å². The van der Waals surface area contributed by atoms with Gasteiger partial charge in [0, 0.05) is 13.1 Å². The van der Waals surface area contributed by atoms with Gasteiger partial charge >= 0.3 is 13.2 Å². The minimum Gasteiger partial charge on any atom is -0.444 e. The quantitative estimate of drug-likeness (QED) is 0.663. The molecule has 2 unspecified atom stereocenters. The Morgan fingerprint density at radius 2 is 1.77 bits per heavy atom. The first-order chi connectivity index (χ1) is 13.7. The fourth-order valence-electron chi connectivity index (χ4n) is 4.10. The first-order valence-corrected chi connectivity index (χ1v) is 10.8. The van der Waals surface area contributed by atoms with Gasteiger partial charge in [0.1, 0.15) is 11.4 Å². The van der Waals surface area contributed by atoms with Crippen LogP contribution in [0.15, 0.2) is 18.2 Å². The topological polar surface area (TPSA) is 48.0 Å². The summed E-state index contributed by atoms with van der Waals surface area (Å²) < 4.78 is 32.3. The number of piperidine rings is 1. The minimum atomic E-state index is -0.596. The summed E-state index contributed by atoms with van der Waals surface area (Å²) in [5.74, 6) is 0.0405. The molecule has 0 N–H and O–H groups in total. The zero-order chi connectivity index (χ0) is 22.5. The highest BCUT2D eigenvalue weighted by Crippen LogP contribution is 2.37. The number of nitrogens with zero attached hydrogens (tertiary/aromatic N) is 1. The van der Waals surface area contributed by atoms with Gasteiger partial charge in [-0.05, 0) is 89.9 Å². The van der Waals surface area contributed by atoms with Crippen LogP contribution in [-0.4, -0.2) is 48.0 Å². The van der Waals surface area contributed by atoms with Gasteiger partial charge in [-0.3, -0.25) is 0 Å². The lowest BCUT2D eigenvalue weighted by atomic mass is 9.74. The summed E-state index contributed by atoms with van der Waals surface area (Å²) in [4.78, 5) is 14.2. The maximum Gasteiger partial charge on any atom is 0.494 e. The molecule has 0 bridgehead atoms. The molecule has 7 heteroatoms. The second-order valence-corrected chi connectivity index (χ2v) is 10.7. The molecule has 0 aromatic heterocycles. The lowest BCUT2D eigenvalue weighted by Gasteiger charge is -2.38. The molecular formula is C23H35BFNO4. The van der Waals surface area contributed by atoms with Crippen molar-refractivity contribution in [1.82, 2.24) is 4.90 Å². The summed E-state index contributed by atoms with van der Waals surface area (Å²) in [6, 6.07) is 5.08. The second kappa shape index (κ2) is 7.83. The predicted molar refractivity (Wildman–Crippen MR) is 116 cm³/mol. The molecule has 0 spiro atoms. The summed E-state index contributed by atoms with van der Waals surface area (Å²) in [7, 11) is -0.596. The Labute approximate surface area is 180 Å². The Hall–Kier alpha value is -1.60. The molecular weight excluding hydrogens is 384 g/mol. The highest BCUT2D eigenvalue weighted by atomic mass is 19.1. The number of rotatable bonds is 2. The van der Waals surface area contributed by atoms with Crippen molar-refractivity contribution >= 4 is 18.7 Å². The molecule has 30 heavy (non-hydrogen) atoms. The lowest BCUT2D eigenvalue weighted by Crippen LogP contribution is -2.44. The minimum absolute atomic E-state index is 0.153. The van der Waals surface area contributed by atoms with Crippen LogP contribution >= 0.6 is 0 Å². The van der Waals surface area contributed by atoms with E-state index >= 15 is 0 Å². The number of carbonyl (C=O) groups is 1. The molecule has 2 aliphatic heterocycles. The summed E-state index contributed by atoms with van der Waals surface area (Å²) in [6.45, 7) is 16.8. The molecule has 0 saturated carbocycles. The molecule has 166 valence electrons. The standard InChI is InChI=1S/C23H35BFNO4/c1-15-14-26(20(27)28-21(2,3)4)10-9-19(15)16-11-17(13-18(25)12-16)24-29-22(5,6)23(7,8)30-24/h11-13,15,19H,9-10,14H2,1-8H3. The van der Waals surface area contributed by atoms with Gasteiger partial charge in [0.05, 0.1) is 11.2 Å². The van der Waals surface area contributed by atoms with Crippen molar-refractivity contribution in [1.29, 1.82) is 0 Å². The van der Waals surface area contributed by atoms with E-state index in [-0.39, 0.29) is 23.7 Å². The van der Waals surface area contributed by atoms with Gasteiger partial charge in [0.25, 0.3) is 0 Å². The highest BCUT2D eigenvalue weighted by molar-refractivity contribution is 6.62. The van der Waals surface area contributed by atoms with Crippen LogP contribution in [0.25, 0.3) is 0 Å². The predicted octanol–water partition coefficient (Wildman–Crippen LogP) is 4.49. The molecule has 0 radical (unpaired) electrons. The molecule has 1 aromatic rings. The fourth-order valence-corrected chi connectivity index (χ4v) is 4.10. The number of carbonyl (C=O) groups excluding carboxylic acids is 1. The van der Waals surface area contributed by atoms with Gasteiger partial charge in [-0.15, -0.1) is 0 Å². The van der Waals surface area contributed by atoms with Crippen molar-refractivity contribution in [3.8, 4) is 0 Å². The van der Waals surface area contributed by atoms with Gasteiger partial charge in [0.15, 0.2) is 0 Å². The van der Waals surface area contributed by atoms with E-state index in [9.17, 15) is 9.18 Å². The van der Waals surface area contributed by atoms with E-state index in [1.54, 1.807) is 11.0 Å². The molecule has 2 aliphatic rings. The normalized spacial score (nSPS) is 26.0. The maximum atomic E-state index is 14.5. The van der Waals surface area contributed by atoms with Crippen LogP contribution in [0.5, 0.6) is 0 Å². The van der Waals surface area contributed by atoms with Crippen LogP contribution in [0.4, 0.5) is 9.18 Å². The number of halogens is 1. The molecule has 3 rings (SSSR count). The van der Waals surface area contributed by atoms with Gasteiger partial charge in [-0.25, -0.2) is 9.18 Å². The summed E-state index contributed by atoms with van der Waals surface area (Å²) >= 11 is 0. The van der Waals surface area contributed by atoms with E-state index in [1.807, 2.05) is 54.5 Å². The molecule has 2 saturated heterocycles. The third-order valence-electron chi connectivity index (χ3n) is 6.45. The third-order valence-corrected chi connectivity index (χ3v) is 6.45. The molecule has 2 atom stereocenters. The van der Waals surface area contributed by atoms with Crippen molar-refractivity contribution < 1.29 is 23.2 Å². The van der Waals surface area contributed by atoms with Crippen LogP contribution < -0.4 is 5.46 Å². The van der Waals surface area contributed by atoms with Gasteiger partial charge in [0.2, 0.25) is 0 Å². The molecule has 1 amide bonds. The zero-order valence-corrected chi connectivity index (χ0v) is 19.5. The van der Waals surface area contributed by atoms with Crippen LogP contribution in [0.1, 0.15) is 73.3 Å². The largest absolute Gasteiger partial charge is 0.494 e. The van der Waals surface area contributed by atoms with E-state index in [2.05, 4.69) is 6.92 Å². The Morgan fingerprint density at radius 1 is 1.17 bits per heavy atom. The third kappa shape index (κ3) is 4.83. The molecule has 5 nitrogen and oxygen atoms in total. The zero-order valence-electron chi connectivity index (χ0n) is 19.5. The highest BCUT2D eigenvalue weighted by Gasteiger charge is 2.52. The van der Waals surface area contributed by atoms with Crippen LogP contribution in [-0.2, 0) is 14.0 Å². The van der Waals surface area contributed by atoms with Crippen molar-refractivity contribution in [2.45, 2.75) is 84.5 Å². The summed E-state index contributed by atoms with van der Waals surface area (Å²) in [5.41, 5.74) is 0.158. The van der Waals surface area contributed by atoms with Crippen LogP contribution in [0.2, 0.25) is 0 Å². The van der Waals surface area contributed by atoms with Crippen LogP contribution in [0.3, 0.4) is 0 Å². The van der Waals surface area contributed by atoms with E-state index in [1.165, 1.54) is 6.07 Å². The second-order valence-electron chi connectivity index (χ2n) is 10.7. The first kappa shape index (κ1) is 23.1. The smallest absolute Gasteiger partial charge is 0.444 e. The van der Waals surface area contributed by atoms with Crippen molar-refractivity contribution in [2.75, 3.05) is 13.1 Å². The SMILES string of the molecule is CC1CN(C(=O)OC(C)(C)C)CCC1c1cc(F)cc(B2OC(C)(C)C(C)(C)O2)c1. The van der Waals surface area contributed by atoms with E-state index in [0.717, 1.165) is 12.0 Å². The molecule has 2 fully saturated rings. The maximum absolute atomic E-state index is 14.5. The van der Waals surface area contributed by atoms with E-state index in [4.69, 9.17) is 14.0 Å². The molecule has 0 aliphatic carbocycles. The van der Waals surface area contributed by atoms with E-state index < -0.39 is 23.9 Å². The van der Waals surface area contributed by atoms with Crippen LogP contribution in [0, 0.1) is 11.7 Å². The number of hydrogen-bond acceptors (Lipinski definition) is 4. The average Bonchev–Trinajstić information content (AvgIpc) is 2.80. The number of hydrogen-bond donors (Lipinski definition) is 0. The first-order valence-electron chi connectivity index (χ1n) is 10.8.